The maximum Gasteiger partial charge on any atom is 0.121 e. The lowest BCUT2D eigenvalue weighted by Gasteiger charge is -2.09. The molecule has 0 amide bonds. The lowest BCUT2D eigenvalue weighted by Crippen LogP contribution is -2.23. The van der Waals surface area contributed by atoms with E-state index in [1.807, 2.05) is 19.1 Å². The van der Waals surface area contributed by atoms with Crippen LogP contribution in [-0.2, 0) is 0 Å². The van der Waals surface area contributed by atoms with Crippen molar-refractivity contribution in [3.63, 3.8) is 0 Å². The Morgan fingerprint density at radius 3 is 2.21 bits per heavy atom. The number of rotatable bonds is 3. The normalized spacial score (nSPS) is 11.7. The van der Waals surface area contributed by atoms with Gasteiger partial charge in [0.25, 0.3) is 0 Å². The molecular weight excluding hydrogens is 427 g/mol. The van der Waals surface area contributed by atoms with Crippen LogP contribution in [0.1, 0.15) is 6.92 Å². The van der Waals surface area contributed by atoms with Gasteiger partial charge in [0, 0.05) is 13.2 Å². The third-order valence-corrected chi connectivity index (χ3v) is 2.59. The minimum absolute atomic E-state index is 0. The van der Waals surface area contributed by atoms with Gasteiger partial charge in [-0.05, 0) is 70.3 Å². The van der Waals surface area contributed by atoms with Crippen LogP contribution in [0, 0.1) is 7.14 Å². The molecule has 1 atom stereocenters. The van der Waals surface area contributed by atoms with Gasteiger partial charge < -0.3 is 10.5 Å². The molecule has 0 heterocycles. The molecule has 14 heavy (non-hydrogen) atoms. The van der Waals surface area contributed by atoms with Crippen LogP contribution in [0.2, 0.25) is 0 Å². The van der Waals surface area contributed by atoms with E-state index in [1.165, 1.54) is 7.14 Å². The number of hydrogen-bond acceptors (Lipinski definition) is 2. The predicted molar refractivity (Wildman–Crippen MR) is 78.3 cm³/mol. The van der Waals surface area contributed by atoms with E-state index in [9.17, 15) is 0 Å². The molecule has 5 heteroatoms. The van der Waals surface area contributed by atoms with Crippen molar-refractivity contribution in [1.29, 1.82) is 0 Å². The molecule has 1 unspecified atom stereocenters. The van der Waals surface area contributed by atoms with E-state index in [4.69, 9.17) is 10.5 Å². The average Bonchev–Trinajstić information content (AvgIpc) is 1.99. The molecule has 0 spiro atoms. The van der Waals surface area contributed by atoms with Crippen LogP contribution >= 0.6 is 57.6 Å². The molecule has 1 aromatic rings. The number of benzene rings is 1. The van der Waals surface area contributed by atoms with Gasteiger partial charge in [0.1, 0.15) is 12.4 Å². The summed E-state index contributed by atoms with van der Waals surface area (Å²) >= 11 is 4.54. The molecule has 0 aliphatic rings. The van der Waals surface area contributed by atoms with Crippen LogP contribution in [0.4, 0.5) is 0 Å². The van der Waals surface area contributed by atoms with Gasteiger partial charge in [-0.3, -0.25) is 0 Å². The molecule has 0 aliphatic heterocycles. The van der Waals surface area contributed by atoms with Crippen molar-refractivity contribution in [2.45, 2.75) is 13.0 Å². The Kier molecular flexibility index (Phi) is 7.45. The van der Waals surface area contributed by atoms with Crippen molar-refractivity contribution in [1.82, 2.24) is 0 Å². The molecule has 1 rings (SSSR count). The van der Waals surface area contributed by atoms with Crippen molar-refractivity contribution in [2.24, 2.45) is 5.73 Å². The fourth-order valence-electron chi connectivity index (χ4n) is 0.840. The van der Waals surface area contributed by atoms with Gasteiger partial charge in [-0.15, -0.1) is 12.4 Å². The molecule has 0 fully saturated rings. The van der Waals surface area contributed by atoms with Gasteiger partial charge >= 0.3 is 0 Å². The molecular formula is C9H12ClI2NO. The summed E-state index contributed by atoms with van der Waals surface area (Å²) in [6, 6.07) is 6.19. The fourth-order valence-corrected chi connectivity index (χ4v) is 2.72. The smallest absolute Gasteiger partial charge is 0.121 e. The zero-order chi connectivity index (χ0) is 9.84. The summed E-state index contributed by atoms with van der Waals surface area (Å²) in [7, 11) is 0. The minimum Gasteiger partial charge on any atom is -0.492 e. The zero-order valence-electron chi connectivity index (χ0n) is 7.67. The molecule has 0 bridgehead atoms. The quantitative estimate of drug-likeness (QED) is 0.735. The van der Waals surface area contributed by atoms with Crippen molar-refractivity contribution in [3.05, 3.63) is 25.3 Å². The highest BCUT2D eigenvalue weighted by Gasteiger charge is 1.99. The van der Waals surface area contributed by atoms with Crippen molar-refractivity contribution in [2.75, 3.05) is 6.61 Å². The monoisotopic (exact) mass is 439 g/mol. The van der Waals surface area contributed by atoms with Gasteiger partial charge in [-0.25, -0.2) is 0 Å². The van der Waals surface area contributed by atoms with E-state index in [0.717, 1.165) is 5.75 Å². The Labute approximate surface area is 118 Å². The van der Waals surface area contributed by atoms with Crippen LogP contribution in [-0.4, -0.2) is 12.6 Å². The number of nitrogens with two attached hydrogens (primary N) is 1. The van der Waals surface area contributed by atoms with Crippen molar-refractivity contribution < 1.29 is 4.74 Å². The van der Waals surface area contributed by atoms with E-state index in [0.29, 0.717) is 6.61 Å². The Morgan fingerprint density at radius 1 is 1.29 bits per heavy atom. The van der Waals surface area contributed by atoms with Crippen LogP contribution in [0.5, 0.6) is 5.75 Å². The van der Waals surface area contributed by atoms with Crippen molar-refractivity contribution >= 4 is 57.6 Å². The first-order valence-electron chi connectivity index (χ1n) is 3.92. The molecule has 0 aromatic heterocycles. The van der Waals surface area contributed by atoms with Crippen LogP contribution in [0.15, 0.2) is 18.2 Å². The summed E-state index contributed by atoms with van der Waals surface area (Å²) in [5, 5.41) is 0. The summed E-state index contributed by atoms with van der Waals surface area (Å²) < 4.78 is 7.86. The summed E-state index contributed by atoms with van der Waals surface area (Å²) in [6.45, 7) is 2.50. The SMILES string of the molecule is CC(N)COc1cc(I)cc(I)c1.Cl. The maximum atomic E-state index is 5.59. The molecule has 1 aromatic carbocycles. The highest BCUT2D eigenvalue weighted by atomic mass is 127. The Bertz CT molecular complexity index is 274. The molecule has 2 nitrogen and oxygen atoms in total. The van der Waals surface area contributed by atoms with E-state index >= 15 is 0 Å². The van der Waals surface area contributed by atoms with Crippen LogP contribution in [0.25, 0.3) is 0 Å². The Morgan fingerprint density at radius 2 is 1.79 bits per heavy atom. The van der Waals surface area contributed by atoms with Gasteiger partial charge in [0.15, 0.2) is 0 Å². The second-order valence-electron chi connectivity index (χ2n) is 2.89. The first-order chi connectivity index (χ1) is 6.08. The third-order valence-electron chi connectivity index (χ3n) is 1.35. The second-order valence-corrected chi connectivity index (χ2v) is 5.38. The average molecular weight is 439 g/mol. The van der Waals surface area contributed by atoms with Crippen LogP contribution < -0.4 is 10.5 Å². The molecule has 0 saturated carbocycles. The van der Waals surface area contributed by atoms with Gasteiger partial charge in [0.05, 0.1) is 0 Å². The summed E-state index contributed by atoms with van der Waals surface area (Å²) in [4.78, 5) is 0. The molecule has 0 aliphatic carbocycles. The van der Waals surface area contributed by atoms with E-state index in [2.05, 4.69) is 51.2 Å². The van der Waals surface area contributed by atoms with Crippen molar-refractivity contribution in [3.8, 4) is 5.75 Å². The second kappa shape index (κ2) is 7.08. The Balaban J connectivity index is 0.00000169. The minimum atomic E-state index is 0. The highest BCUT2D eigenvalue weighted by Crippen LogP contribution is 2.19. The summed E-state index contributed by atoms with van der Waals surface area (Å²) in [6.07, 6.45) is 0. The first-order valence-corrected chi connectivity index (χ1v) is 6.08. The largest absolute Gasteiger partial charge is 0.492 e. The molecule has 0 radical (unpaired) electrons. The van der Waals surface area contributed by atoms with E-state index in [-0.39, 0.29) is 18.4 Å². The number of hydrogen-bond donors (Lipinski definition) is 1. The number of halogens is 3. The summed E-state index contributed by atoms with van der Waals surface area (Å²) in [5.74, 6) is 0.897. The predicted octanol–water partition coefficient (Wildman–Crippen LogP) is 3.04. The maximum absolute atomic E-state index is 5.59. The number of ether oxygens (including phenoxy) is 1. The molecule has 80 valence electrons. The molecule has 0 saturated heterocycles. The lowest BCUT2D eigenvalue weighted by molar-refractivity contribution is 0.296. The first kappa shape index (κ1) is 14.7. The van der Waals surface area contributed by atoms with Gasteiger partial charge in [0.2, 0.25) is 0 Å². The van der Waals surface area contributed by atoms with E-state index < -0.39 is 0 Å². The fraction of sp³-hybridized carbons (Fsp3) is 0.333. The zero-order valence-corrected chi connectivity index (χ0v) is 12.8. The van der Waals surface area contributed by atoms with Gasteiger partial charge in [-0.1, -0.05) is 0 Å². The van der Waals surface area contributed by atoms with E-state index in [1.54, 1.807) is 0 Å². The van der Waals surface area contributed by atoms with Gasteiger partial charge in [-0.2, -0.15) is 0 Å². The topological polar surface area (TPSA) is 35.2 Å². The Hall–Kier alpha value is 0.730. The molecule has 2 N–H and O–H groups in total. The third kappa shape index (κ3) is 5.57. The summed E-state index contributed by atoms with van der Waals surface area (Å²) in [5.41, 5.74) is 5.59. The highest BCUT2D eigenvalue weighted by molar-refractivity contribution is 14.1. The van der Waals surface area contributed by atoms with Crippen LogP contribution in [0.3, 0.4) is 0 Å². The standard InChI is InChI=1S/C9H11I2NO.ClH/c1-6(12)5-13-9-3-7(10)2-8(11)4-9;/h2-4,6H,5,12H2,1H3;1H. The lowest BCUT2D eigenvalue weighted by atomic mass is 10.3.